The molecular weight excluding hydrogens is 347 g/mol. The van der Waals surface area contributed by atoms with Crippen LogP contribution in [-0.4, -0.2) is 29.3 Å². The second kappa shape index (κ2) is 7.32. The average Bonchev–Trinajstić information content (AvgIpc) is 2.91. The molecule has 24 heavy (non-hydrogen) atoms. The monoisotopic (exact) mass is 368 g/mol. The third-order valence-electron chi connectivity index (χ3n) is 5.37. The standard InChI is InChI=1S/C18H22Cl2N2O2/c19-14-4-1-12(16(20)10-14)9-13-7-8-22(18(13)24)15-5-2-11(3-6-15)17(21)23/h1,4,10-11,13,15H,2-3,5-9H2,(H2,21,23). The van der Waals surface area contributed by atoms with E-state index in [0.29, 0.717) is 16.5 Å². The first-order valence-corrected chi connectivity index (χ1v) is 9.25. The van der Waals surface area contributed by atoms with E-state index in [1.807, 2.05) is 17.0 Å². The smallest absolute Gasteiger partial charge is 0.226 e. The highest BCUT2D eigenvalue weighted by Gasteiger charge is 2.38. The number of benzene rings is 1. The van der Waals surface area contributed by atoms with Crippen molar-refractivity contribution in [1.29, 1.82) is 0 Å². The minimum Gasteiger partial charge on any atom is -0.369 e. The van der Waals surface area contributed by atoms with E-state index in [9.17, 15) is 9.59 Å². The maximum Gasteiger partial charge on any atom is 0.226 e. The van der Waals surface area contributed by atoms with Crippen molar-refractivity contribution >= 4 is 35.0 Å². The lowest BCUT2D eigenvalue weighted by Crippen LogP contribution is -2.41. The number of nitrogens with two attached hydrogens (primary N) is 1. The van der Waals surface area contributed by atoms with Crippen LogP contribution < -0.4 is 5.73 Å². The van der Waals surface area contributed by atoms with Crippen LogP contribution >= 0.6 is 23.2 Å². The molecule has 6 heteroatoms. The highest BCUT2D eigenvalue weighted by atomic mass is 35.5. The van der Waals surface area contributed by atoms with Crippen molar-refractivity contribution in [3.8, 4) is 0 Å². The first-order valence-electron chi connectivity index (χ1n) is 8.49. The van der Waals surface area contributed by atoms with Crippen LogP contribution in [0.15, 0.2) is 18.2 Å². The van der Waals surface area contributed by atoms with Crippen LogP contribution in [0.2, 0.25) is 10.0 Å². The highest BCUT2D eigenvalue weighted by Crippen LogP contribution is 2.33. The van der Waals surface area contributed by atoms with Gasteiger partial charge in [-0.25, -0.2) is 0 Å². The number of hydrogen-bond donors (Lipinski definition) is 1. The van der Waals surface area contributed by atoms with Gasteiger partial charge in [-0.15, -0.1) is 0 Å². The molecule has 1 heterocycles. The molecule has 130 valence electrons. The fraction of sp³-hybridized carbons (Fsp3) is 0.556. The number of primary amides is 1. The number of carbonyl (C=O) groups excluding carboxylic acids is 2. The molecule has 2 amide bonds. The highest BCUT2D eigenvalue weighted by molar-refractivity contribution is 6.35. The lowest BCUT2D eigenvalue weighted by Gasteiger charge is -2.33. The lowest BCUT2D eigenvalue weighted by atomic mass is 9.85. The maximum atomic E-state index is 12.8. The zero-order chi connectivity index (χ0) is 17.3. The summed E-state index contributed by atoms with van der Waals surface area (Å²) < 4.78 is 0. The minimum absolute atomic E-state index is 0.0162. The number of halogens is 2. The van der Waals surface area contributed by atoms with Crippen molar-refractivity contribution < 1.29 is 9.59 Å². The molecule has 3 rings (SSSR count). The second-order valence-electron chi connectivity index (χ2n) is 6.86. The minimum atomic E-state index is -0.212. The first-order chi connectivity index (χ1) is 11.5. The predicted molar refractivity (Wildman–Crippen MR) is 94.9 cm³/mol. The number of rotatable bonds is 4. The van der Waals surface area contributed by atoms with E-state index in [1.165, 1.54) is 0 Å². The molecule has 0 radical (unpaired) electrons. The van der Waals surface area contributed by atoms with Gasteiger partial charge in [-0.3, -0.25) is 9.59 Å². The largest absolute Gasteiger partial charge is 0.369 e. The number of hydrogen-bond acceptors (Lipinski definition) is 2. The van der Waals surface area contributed by atoms with E-state index in [0.717, 1.165) is 44.2 Å². The van der Waals surface area contributed by atoms with Crippen LogP contribution in [0.4, 0.5) is 0 Å². The summed E-state index contributed by atoms with van der Waals surface area (Å²) in [4.78, 5) is 26.1. The van der Waals surface area contributed by atoms with E-state index in [-0.39, 0.29) is 29.7 Å². The molecule has 1 aliphatic heterocycles. The van der Waals surface area contributed by atoms with Crippen molar-refractivity contribution in [1.82, 2.24) is 4.90 Å². The SMILES string of the molecule is NC(=O)C1CCC(N2CCC(Cc3ccc(Cl)cc3Cl)C2=O)CC1. The Morgan fingerprint density at radius 1 is 1.17 bits per heavy atom. The van der Waals surface area contributed by atoms with Gasteiger partial charge in [0.15, 0.2) is 0 Å². The summed E-state index contributed by atoms with van der Waals surface area (Å²) in [6, 6.07) is 5.68. The maximum absolute atomic E-state index is 12.8. The van der Waals surface area contributed by atoms with E-state index in [2.05, 4.69) is 0 Å². The third-order valence-corrected chi connectivity index (χ3v) is 5.96. The van der Waals surface area contributed by atoms with Gasteiger partial charge in [-0.2, -0.15) is 0 Å². The van der Waals surface area contributed by atoms with Crippen LogP contribution in [0.3, 0.4) is 0 Å². The van der Waals surface area contributed by atoms with E-state index < -0.39 is 0 Å². The Balaban J connectivity index is 1.60. The molecule has 1 saturated carbocycles. The fourth-order valence-corrected chi connectivity index (χ4v) is 4.43. The Hall–Kier alpha value is -1.26. The summed E-state index contributed by atoms with van der Waals surface area (Å²) in [6.07, 6.45) is 4.83. The topological polar surface area (TPSA) is 63.4 Å². The predicted octanol–water partition coefficient (Wildman–Crippen LogP) is 3.43. The Labute approximate surface area is 152 Å². The number of likely N-dealkylation sites (tertiary alicyclic amines) is 1. The molecule has 1 aliphatic carbocycles. The van der Waals surface area contributed by atoms with Gasteiger partial charge in [-0.05, 0) is 56.2 Å². The van der Waals surface area contributed by atoms with Crippen molar-refractivity contribution in [2.45, 2.75) is 44.6 Å². The molecule has 1 aromatic carbocycles. The van der Waals surface area contributed by atoms with E-state index in [1.54, 1.807) is 6.07 Å². The van der Waals surface area contributed by atoms with Crippen molar-refractivity contribution in [3.05, 3.63) is 33.8 Å². The van der Waals surface area contributed by atoms with E-state index >= 15 is 0 Å². The molecule has 2 aliphatic rings. The molecule has 1 atom stereocenters. The lowest BCUT2D eigenvalue weighted by molar-refractivity contribution is -0.133. The molecule has 0 aromatic heterocycles. The summed E-state index contributed by atoms with van der Waals surface area (Å²) in [5.74, 6) is -0.0415. The zero-order valence-electron chi connectivity index (χ0n) is 13.5. The van der Waals surface area contributed by atoms with Crippen molar-refractivity contribution in [3.63, 3.8) is 0 Å². The molecule has 2 N–H and O–H groups in total. The molecule has 2 fully saturated rings. The van der Waals surface area contributed by atoms with Crippen LogP contribution in [0.5, 0.6) is 0 Å². The van der Waals surface area contributed by atoms with Crippen LogP contribution in [0, 0.1) is 11.8 Å². The fourth-order valence-electron chi connectivity index (χ4n) is 3.94. The van der Waals surface area contributed by atoms with Crippen LogP contribution in [0.1, 0.15) is 37.7 Å². The van der Waals surface area contributed by atoms with Gasteiger partial charge in [0.25, 0.3) is 0 Å². The van der Waals surface area contributed by atoms with Crippen molar-refractivity contribution in [2.24, 2.45) is 17.6 Å². The molecule has 1 saturated heterocycles. The van der Waals surface area contributed by atoms with Gasteiger partial charge in [0, 0.05) is 34.5 Å². The van der Waals surface area contributed by atoms with Gasteiger partial charge in [0.2, 0.25) is 11.8 Å². The number of carbonyl (C=O) groups is 2. The van der Waals surface area contributed by atoms with E-state index in [4.69, 9.17) is 28.9 Å². The Bertz CT molecular complexity index is 642. The third kappa shape index (κ3) is 3.70. The normalized spacial score (nSPS) is 27.5. The van der Waals surface area contributed by atoms with Gasteiger partial charge >= 0.3 is 0 Å². The summed E-state index contributed by atoms with van der Waals surface area (Å²) in [5.41, 5.74) is 6.36. The summed E-state index contributed by atoms with van der Waals surface area (Å²) in [5, 5.41) is 1.23. The van der Waals surface area contributed by atoms with Crippen LogP contribution in [0.25, 0.3) is 0 Å². The Morgan fingerprint density at radius 3 is 2.50 bits per heavy atom. The molecule has 1 unspecified atom stereocenters. The summed E-state index contributed by atoms with van der Waals surface area (Å²) in [6.45, 7) is 0.792. The number of amides is 2. The van der Waals surface area contributed by atoms with Crippen LogP contribution in [-0.2, 0) is 16.0 Å². The Morgan fingerprint density at radius 2 is 1.88 bits per heavy atom. The molecule has 0 bridgehead atoms. The number of nitrogens with zero attached hydrogens (tertiary/aromatic N) is 1. The zero-order valence-corrected chi connectivity index (χ0v) is 15.0. The van der Waals surface area contributed by atoms with Gasteiger partial charge in [-0.1, -0.05) is 29.3 Å². The van der Waals surface area contributed by atoms with Gasteiger partial charge in [0.1, 0.15) is 0 Å². The van der Waals surface area contributed by atoms with Crippen molar-refractivity contribution in [2.75, 3.05) is 6.54 Å². The van der Waals surface area contributed by atoms with Gasteiger partial charge in [0.05, 0.1) is 0 Å². The second-order valence-corrected chi connectivity index (χ2v) is 7.71. The van der Waals surface area contributed by atoms with Gasteiger partial charge < -0.3 is 10.6 Å². The summed E-state index contributed by atoms with van der Waals surface area (Å²) in [7, 11) is 0. The first kappa shape index (κ1) is 17.6. The quantitative estimate of drug-likeness (QED) is 0.884. The summed E-state index contributed by atoms with van der Waals surface area (Å²) >= 11 is 12.2. The molecule has 4 nitrogen and oxygen atoms in total. The molecule has 1 aromatic rings. The molecule has 0 spiro atoms. The Kier molecular flexibility index (Phi) is 5.36. The average molecular weight is 369 g/mol. The molecular formula is C18H22Cl2N2O2.